The van der Waals surface area contributed by atoms with Crippen LogP contribution in [0.2, 0.25) is 6.04 Å². The molecule has 0 aliphatic carbocycles. The van der Waals surface area contributed by atoms with Crippen molar-refractivity contribution in [2.24, 2.45) is 28.6 Å². The number of hydrogen-bond donors (Lipinski definition) is 0. The van der Waals surface area contributed by atoms with Crippen LogP contribution in [0.4, 0.5) is 0 Å². The third-order valence-electron chi connectivity index (χ3n) is 7.02. The zero-order valence-electron chi connectivity index (χ0n) is 24.1. The molecule has 2 aromatic carbocycles. The Morgan fingerprint density at radius 3 is 1.71 bits per heavy atom. The van der Waals surface area contributed by atoms with Crippen LogP contribution in [-0.4, -0.2) is 22.0 Å². The van der Waals surface area contributed by atoms with Gasteiger partial charge in [0.1, 0.15) is 8.80 Å². The van der Waals surface area contributed by atoms with Crippen molar-refractivity contribution >= 4 is 19.2 Å². The lowest BCUT2D eigenvalue weighted by atomic mass is 9.76. The minimum atomic E-state index is -0.758. The van der Waals surface area contributed by atoms with E-state index in [4.69, 9.17) is 4.74 Å². The van der Waals surface area contributed by atoms with E-state index in [-0.39, 0.29) is 0 Å². The maximum absolute atomic E-state index is 6.40. The molecule has 3 unspecified atom stereocenters. The van der Waals surface area contributed by atoms with Crippen LogP contribution in [0.3, 0.4) is 0 Å². The minimum absolute atomic E-state index is 0.372. The second-order valence-corrected chi connectivity index (χ2v) is 16.0. The first-order chi connectivity index (χ1) is 16.4. The molecule has 0 saturated heterocycles. The van der Waals surface area contributed by atoms with Gasteiger partial charge in [-0.05, 0) is 60.3 Å². The van der Waals surface area contributed by atoms with Gasteiger partial charge >= 0.3 is 0 Å². The van der Waals surface area contributed by atoms with Gasteiger partial charge in [-0.3, -0.25) is 0 Å². The Bertz CT molecular complexity index is 763. The van der Waals surface area contributed by atoms with Gasteiger partial charge in [-0.2, -0.15) is 0 Å². The molecule has 2 aromatic rings. The first-order valence-corrected chi connectivity index (χ1v) is 15.7. The Morgan fingerprint density at radius 2 is 1.23 bits per heavy atom. The molecule has 0 heterocycles. The van der Waals surface area contributed by atoms with Gasteiger partial charge in [0.2, 0.25) is 0 Å². The fraction of sp³-hybridized carbons (Fsp3) is 0.636. The highest BCUT2D eigenvalue weighted by Crippen LogP contribution is 2.33. The number of hydrogen-bond acceptors (Lipinski definition) is 1. The van der Waals surface area contributed by atoms with Crippen LogP contribution in [0.15, 0.2) is 60.7 Å². The zero-order chi connectivity index (χ0) is 25.9. The Morgan fingerprint density at radius 1 is 0.714 bits per heavy atom. The average Bonchev–Trinajstić information content (AvgIpc) is 2.77. The monoisotopic (exact) mass is 493 g/mol. The smallest absolute Gasteiger partial charge is 0.121 e. The minimum Gasteiger partial charge on any atom is -0.381 e. The van der Waals surface area contributed by atoms with Crippen molar-refractivity contribution in [1.29, 1.82) is 0 Å². The van der Waals surface area contributed by atoms with Crippen molar-refractivity contribution in [3.8, 4) is 0 Å². The molecule has 0 fully saturated rings. The van der Waals surface area contributed by atoms with Crippen molar-refractivity contribution in [3.05, 3.63) is 60.7 Å². The molecule has 0 aromatic heterocycles. The Balaban J connectivity index is 1.91. The highest BCUT2D eigenvalue weighted by Gasteiger charge is 2.25. The summed E-state index contributed by atoms with van der Waals surface area (Å²) in [5, 5.41) is 3.02. The van der Waals surface area contributed by atoms with E-state index < -0.39 is 8.80 Å². The highest BCUT2D eigenvalue weighted by atomic mass is 28.3. The molecule has 3 atom stereocenters. The van der Waals surface area contributed by atoms with Crippen molar-refractivity contribution in [3.63, 3.8) is 0 Å². The second kappa shape index (κ2) is 14.4. The van der Waals surface area contributed by atoms with Gasteiger partial charge in [0.25, 0.3) is 0 Å². The third-order valence-corrected chi connectivity index (χ3v) is 9.94. The first kappa shape index (κ1) is 29.8. The molecule has 0 spiro atoms. The molecule has 1 nitrogen and oxygen atoms in total. The molecule has 0 N–H and O–H groups in total. The van der Waals surface area contributed by atoms with E-state index in [9.17, 15) is 0 Å². The molecule has 0 saturated carbocycles. The van der Waals surface area contributed by atoms with Crippen LogP contribution < -0.4 is 10.4 Å². The molecule has 0 amide bonds. The molecule has 2 rings (SSSR count). The Labute approximate surface area is 219 Å². The normalized spacial score (nSPS) is 15.2. The molecule has 2 heteroatoms. The Kier molecular flexibility index (Phi) is 12.3. The van der Waals surface area contributed by atoms with Gasteiger partial charge < -0.3 is 4.74 Å². The predicted octanol–water partition coefficient (Wildman–Crippen LogP) is 8.24. The van der Waals surface area contributed by atoms with Crippen molar-refractivity contribution < 1.29 is 4.74 Å². The van der Waals surface area contributed by atoms with E-state index >= 15 is 0 Å². The molecule has 195 valence electrons. The summed E-state index contributed by atoms with van der Waals surface area (Å²) >= 11 is 0. The topological polar surface area (TPSA) is 9.23 Å². The van der Waals surface area contributed by atoms with Crippen LogP contribution in [0.1, 0.15) is 87.5 Å². The van der Waals surface area contributed by atoms with Gasteiger partial charge in [-0.25, -0.2) is 0 Å². The van der Waals surface area contributed by atoms with Crippen LogP contribution in [-0.2, 0) is 4.74 Å². The summed E-state index contributed by atoms with van der Waals surface area (Å²) < 4.78 is 6.40. The number of ether oxygens (including phenoxy) is 1. The first-order valence-electron chi connectivity index (χ1n) is 14.0. The van der Waals surface area contributed by atoms with E-state index in [1.54, 1.807) is 0 Å². The molecule has 0 bridgehead atoms. The van der Waals surface area contributed by atoms with Gasteiger partial charge in [0.05, 0.1) is 0 Å². The van der Waals surface area contributed by atoms with Crippen molar-refractivity contribution in [2.45, 2.75) is 93.5 Å². The summed E-state index contributed by atoms with van der Waals surface area (Å²) in [6.45, 7) is 20.9. The van der Waals surface area contributed by atoms with E-state index in [2.05, 4.69) is 116 Å². The van der Waals surface area contributed by atoms with Crippen LogP contribution in [0.5, 0.6) is 0 Å². The van der Waals surface area contributed by atoms with Crippen LogP contribution in [0.25, 0.3) is 0 Å². The molecule has 1 radical (unpaired) electrons. The molecular weight excluding hydrogens is 440 g/mol. The molecule has 0 aliphatic rings. The lowest BCUT2D eigenvalue weighted by molar-refractivity contribution is 0.0630. The van der Waals surface area contributed by atoms with Crippen LogP contribution >= 0.6 is 0 Å². The summed E-state index contributed by atoms with van der Waals surface area (Å²) in [4.78, 5) is 0. The predicted molar refractivity (Wildman–Crippen MR) is 157 cm³/mol. The largest absolute Gasteiger partial charge is 0.381 e. The molecular formula is C33H53OSi. The van der Waals surface area contributed by atoms with Crippen molar-refractivity contribution in [1.82, 2.24) is 0 Å². The number of rotatable bonds is 14. The van der Waals surface area contributed by atoms with Gasteiger partial charge in [0, 0.05) is 13.2 Å². The van der Waals surface area contributed by atoms with Gasteiger partial charge in [0.15, 0.2) is 0 Å². The average molecular weight is 494 g/mol. The van der Waals surface area contributed by atoms with E-state index in [1.807, 2.05) is 0 Å². The van der Waals surface area contributed by atoms with Crippen molar-refractivity contribution in [2.75, 3.05) is 13.2 Å². The fourth-order valence-corrected chi connectivity index (χ4v) is 8.23. The number of benzene rings is 2. The Hall–Kier alpha value is -1.38. The van der Waals surface area contributed by atoms with Gasteiger partial charge in [-0.1, -0.05) is 133 Å². The van der Waals surface area contributed by atoms with E-state index in [0.717, 1.165) is 25.6 Å². The zero-order valence-corrected chi connectivity index (χ0v) is 25.1. The molecule has 35 heavy (non-hydrogen) atoms. The second-order valence-electron chi connectivity index (χ2n) is 13.3. The van der Waals surface area contributed by atoms with Gasteiger partial charge in [-0.15, -0.1) is 0 Å². The fourth-order valence-electron chi connectivity index (χ4n) is 5.63. The maximum atomic E-state index is 6.40. The highest BCUT2D eigenvalue weighted by molar-refractivity contribution is 6.85. The van der Waals surface area contributed by atoms with Crippen LogP contribution in [0, 0.1) is 28.6 Å². The lowest BCUT2D eigenvalue weighted by Gasteiger charge is -2.31. The molecule has 0 aliphatic heterocycles. The SMILES string of the molecule is CC(CCC(COCCC[Si](c1ccccc1)c1ccccc1)C(C)CC(C)(C)C)CC(C)(C)C. The van der Waals surface area contributed by atoms with E-state index in [0.29, 0.717) is 22.7 Å². The third kappa shape index (κ3) is 12.4. The maximum Gasteiger partial charge on any atom is 0.121 e. The summed E-state index contributed by atoms with van der Waals surface area (Å²) in [5.41, 5.74) is 0.788. The van der Waals surface area contributed by atoms with E-state index in [1.165, 1.54) is 42.1 Å². The summed E-state index contributed by atoms with van der Waals surface area (Å²) in [7, 11) is -0.758. The quantitative estimate of drug-likeness (QED) is 0.190. The summed E-state index contributed by atoms with van der Waals surface area (Å²) in [5.74, 6) is 2.14. The standard InChI is InChI=1S/C33H53OSi/c1-27(24-32(3,4)5)20-21-29(28(2)25-33(6,7)8)26-34-22-15-23-35(30-16-11-9-12-17-30)31-18-13-10-14-19-31/h9-14,16-19,27-29H,15,20-26H2,1-8H3. The summed E-state index contributed by atoms with van der Waals surface area (Å²) in [6, 6.07) is 23.4. The summed E-state index contributed by atoms with van der Waals surface area (Å²) in [6.07, 6.45) is 6.31. The lowest BCUT2D eigenvalue weighted by Crippen LogP contribution is -2.42.